The van der Waals surface area contributed by atoms with Gasteiger partial charge in [-0.15, -0.1) is 0 Å². The van der Waals surface area contributed by atoms with Gasteiger partial charge in [0.05, 0.1) is 13.0 Å². The van der Waals surface area contributed by atoms with Crippen LogP contribution in [0.3, 0.4) is 0 Å². The third kappa shape index (κ3) is 3.59. The number of carbonyl (C=O) groups is 1. The van der Waals surface area contributed by atoms with Crippen molar-refractivity contribution in [2.24, 2.45) is 0 Å². The third-order valence-corrected chi connectivity index (χ3v) is 4.63. The fourth-order valence-electron chi connectivity index (χ4n) is 1.46. The molecule has 0 aromatic carbocycles. The quantitative estimate of drug-likeness (QED) is 0.492. The van der Waals surface area contributed by atoms with Gasteiger partial charge >= 0.3 is 5.97 Å². The van der Waals surface area contributed by atoms with Crippen molar-refractivity contribution in [1.82, 2.24) is 0 Å². The fraction of sp³-hybridized carbons (Fsp3) is 0.889. The first-order valence-electron chi connectivity index (χ1n) is 5.00. The molecular weight excluding hydrogens is 219 g/mol. The second-order valence-corrected chi connectivity index (χ2v) is 5.35. The number of esters is 1. The summed E-state index contributed by atoms with van der Waals surface area (Å²) in [5.41, 5.74) is 0. The number of hydrogen-bond acceptors (Lipinski definition) is 5. The highest BCUT2D eigenvalue weighted by Crippen LogP contribution is 2.50. The van der Waals surface area contributed by atoms with Crippen LogP contribution in [0.2, 0.25) is 0 Å². The summed E-state index contributed by atoms with van der Waals surface area (Å²) in [7, 11) is -4.79. The number of hydrogen-bond donors (Lipinski definition) is 0. The van der Waals surface area contributed by atoms with Crippen LogP contribution in [0.25, 0.3) is 0 Å². The molecule has 0 heterocycles. The molecule has 0 saturated heterocycles. The molecule has 0 spiro atoms. The minimum absolute atomic E-state index is 0.132. The van der Waals surface area contributed by atoms with Gasteiger partial charge in [0.25, 0.3) is 0 Å². The first-order chi connectivity index (χ1) is 6.83. The van der Waals surface area contributed by atoms with Crippen molar-refractivity contribution in [3.8, 4) is 0 Å². The summed E-state index contributed by atoms with van der Waals surface area (Å²) < 4.78 is 15.8. The van der Waals surface area contributed by atoms with E-state index < -0.39 is 18.7 Å². The van der Waals surface area contributed by atoms with Crippen molar-refractivity contribution in [3.63, 3.8) is 0 Å². The van der Waals surface area contributed by atoms with Gasteiger partial charge < -0.3 is 19.1 Å². The van der Waals surface area contributed by atoms with E-state index in [-0.39, 0.29) is 25.9 Å². The van der Waals surface area contributed by atoms with Crippen LogP contribution in [0.1, 0.15) is 40.0 Å². The smallest absolute Gasteiger partial charge is 0.306 e. The lowest BCUT2D eigenvalue weighted by Crippen LogP contribution is -2.40. The van der Waals surface area contributed by atoms with Gasteiger partial charge in [-0.3, -0.25) is 4.79 Å². The summed E-state index contributed by atoms with van der Waals surface area (Å²) in [6.45, 7) is 4.99. The Morgan fingerprint density at radius 2 is 1.73 bits per heavy atom. The van der Waals surface area contributed by atoms with Gasteiger partial charge in [0.2, 0.25) is 0 Å². The molecule has 0 amide bonds. The Morgan fingerprint density at radius 3 is 2.00 bits per heavy atom. The maximum absolute atomic E-state index is 11.2. The van der Waals surface area contributed by atoms with Gasteiger partial charge in [0.1, 0.15) is 0 Å². The van der Waals surface area contributed by atoms with Crippen molar-refractivity contribution in [2.75, 3.05) is 6.61 Å². The molecule has 0 saturated carbocycles. The van der Waals surface area contributed by atoms with Crippen LogP contribution in [0, 0.1) is 0 Å². The van der Waals surface area contributed by atoms with Crippen molar-refractivity contribution in [1.29, 1.82) is 0 Å². The maximum Gasteiger partial charge on any atom is 0.306 e. The highest BCUT2D eigenvalue weighted by molar-refractivity contribution is 7.50. The first-order valence-corrected chi connectivity index (χ1v) is 6.55. The molecule has 6 heteroatoms. The average Bonchev–Trinajstić information content (AvgIpc) is 2.12. The normalized spacial score (nSPS) is 12.6. The van der Waals surface area contributed by atoms with Crippen LogP contribution < -0.4 is 9.79 Å². The molecule has 0 aromatic heterocycles. The average molecular weight is 236 g/mol. The van der Waals surface area contributed by atoms with E-state index in [1.807, 2.05) is 0 Å². The van der Waals surface area contributed by atoms with Gasteiger partial charge in [-0.05, 0) is 19.8 Å². The molecule has 0 aromatic rings. The van der Waals surface area contributed by atoms with E-state index in [1.165, 1.54) is 0 Å². The zero-order valence-electron chi connectivity index (χ0n) is 9.32. The highest BCUT2D eigenvalue weighted by atomic mass is 31.2. The zero-order valence-corrected chi connectivity index (χ0v) is 10.2. The minimum atomic E-state index is -4.79. The van der Waals surface area contributed by atoms with Crippen LogP contribution in [-0.2, 0) is 14.1 Å². The Labute approximate surface area is 90.0 Å². The molecule has 0 aliphatic rings. The molecule has 0 fully saturated rings. The Kier molecular flexibility index (Phi) is 5.49. The van der Waals surface area contributed by atoms with E-state index >= 15 is 0 Å². The SMILES string of the molecule is CCOC(=O)CC(CC)(CC)P(=O)([O-])[O-]. The summed E-state index contributed by atoms with van der Waals surface area (Å²) in [6, 6.07) is 0. The topological polar surface area (TPSA) is 89.5 Å². The standard InChI is InChI=1S/C9H19O5P/c1-4-9(5-2,15(11,12)13)7-8(10)14-6-3/h4-7H2,1-3H3,(H2,11,12,13)/p-2. The molecule has 0 aliphatic carbocycles. The molecule has 15 heavy (non-hydrogen) atoms. The lowest BCUT2D eigenvalue weighted by atomic mass is 9.98. The number of ether oxygens (including phenoxy) is 1. The van der Waals surface area contributed by atoms with Crippen LogP contribution in [0.4, 0.5) is 0 Å². The van der Waals surface area contributed by atoms with Crippen LogP contribution >= 0.6 is 7.60 Å². The summed E-state index contributed by atoms with van der Waals surface area (Å²) in [5, 5.41) is -1.49. The lowest BCUT2D eigenvalue weighted by molar-refractivity contribution is -0.321. The molecule has 0 rings (SSSR count). The molecule has 0 aliphatic heterocycles. The van der Waals surface area contributed by atoms with Crippen molar-refractivity contribution in [3.05, 3.63) is 0 Å². The van der Waals surface area contributed by atoms with Gasteiger partial charge in [0, 0.05) is 5.16 Å². The lowest BCUT2D eigenvalue weighted by Gasteiger charge is -2.48. The van der Waals surface area contributed by atoms with Crippen LogP contribution in [0.5, 0.6) is 0 Å². The third-order valence-electron chi connectivity index (χ3n) is 2.68. The minimum Gasteiger partial charge on any atom is -0.810 e. The maximum atomic E-state index is 11.2. The molecule has 5 nitrogen and oxygen atoms in total. The Balaban J connectivity index is 4.81. The van der Waals surface area contributed by atoms with Crippen molar-refractivity contribution >= 4 is 13.6 Å². The van der Waals surface area contributed by atoms with Crippen molar-refractivity contribution < 1.29 is 23.9 Å². The first kappa shape index (κ1) is 14.6. The Bertz CT molecular complexity index is 253. The molecule has 0 radical (unpaired) electrons. The van der Waals surface area contributed by atoms with E-state index in [0.717, 1.165) is 0 Å². The van der Waals surface area contributed by atoms with Gasteiger partial charge in [-0.25, -0.2) is 0 Å². The predicted molar refractivity (Wildman–Crippen MR) is 52.2 cm³/mol. The van der Waals surface area contributed by atoms with Gasteiger partial charge in [-0.1, -0.05) is 21.4 Å². The molecule has 0 bridgehead atoms. The summed E-state index contributed by atoms with van der Waals surface area (Å²) in [6.07, 6.45) is -0.0860. The molecule has 0 atom stereocenters. The number of carbonyl (C=O) groups excluding carboxylic acids is 1. The van der Waals surface area contributed by atoms with Gasteiger partial charge in [-0.2, -0.15) is 0 Å². The zero-order chi connectivity index (χ0) is 12.1. The van der Waals surface area contributed by atoms with Crippen LogP contribution in [-0.4, -0.2) is 17.7 Å². The van der Waals surface area contributed by atoms with Crippen molar-refractivity contribution in [2.45, 2.75) is 45.2 Å². The van der Waals surface area contributed by atoms with Gasteiger partial charge in [0.15, 0.2) is 0 Å². The molecular formula is C9H17O5P-2. The van der Waals surface area contributed by atoms with E-state index in [1.54, 1.807) is 20.8 Å². The predicted octanol–water partition coefficient (Wildman–Crippen LogP) is 0.412. The van der Waals surface area contributed by atoms with E-state index in [4.69, 9.17) is 0 Å². The fourth-order valence-corrected chi connectivity index (χ4v) is 2.56. The molecule has 0 unspecified atom stereocenters. The highest BCUT2D eigenvalue weighted by Gasteiger charge is 2.33. The Morgan fingerprint density at radius 1 is 1.27 bits per heavy atom. The monoisotopic (exact) mass is 236 g/mol. The largest absolute Gasteiger partial charge is 0.810 e. The Hall–Kier alpha value is -0.380. The molecule has 90 valence electrons. The summed E-state index contributed by atoms with van der Waals surface area (Å²) in [4.78, 5) is 33.4. The van der Waals surface area contributed by atoms with E-state index in [0.29, 0.717) is 0 Å². The van der Waals surface area contributed by atoms with E-state index in [2.05, 4.69) is 4.74 Å². The summed E-state index contributed by atoms with van der Waals surface area (Å²) >= 11 is 0. The second-order valence-electron chi connectivity index (χ2n) is 3.41. The number of rotatable bonds is 6. The summed E-state index contributed by atoms with van der Waals surface area (Å²) in [5.74, 6) is -0.631. The second kappa shape index (κ2) is 5.64. The molecule has 0 N–H and O–H groups in total. The van der Waals surface area contributed by atoms with E-state index in [9.17, 15) is 19.1 Å². The van der Waals surface area contributed by atoms with Crippen LogP contribution in [0.15, 0.2) is 0 Å².